The topological polar surface area (TPSA) is 87.5 Å². The molecule has 0 radical (unpaired) electrons. The van der Waals surface area contributed by atoms with Gasteiger partial charge in [0, 0.05) is 30.6 Å². The Morgan fingerprint density at radius 3 is 2.90 bits per heavy atom. The summed E-state index contributed by atoms with van der Waals surface area (Å²) in [6.45, 7) is 2.94. The summed E-state index contributed by atoms with van der Waals surface area (Å²) < 4.78 is 5.08. The summed E-state index contributed by atoms with van der Waals surface area (Å²) in [6.07, 6.45) is 7.17. The molecule has 0 spiro atoms. The first-order chi connectivity index (χ1) is 13.2. The highest BCUT2D eigenvalue weighted by atomic mass is 35.5. The predicted molar refractivity (Wildman–Crippen MR) is 117 cm³/mol. The molecule has 4 rings (SSSR count). The lowest BCUT2D eigenvalue weighted by Gasteiger charge is -2.32. The largest absolute Gasteiger partial charge is 0.472 e. The first-order valence-corrected chi connectivity index (χ1v) is 10.4. The third kappa shape index (κ3) is 5.72. The second kappa shape index (κ2) is 11.0. The Kier molecular flexibility index (Phi) is 8.95. The van der Waals surface area contributed by atoms with Gasteiger partial charge in [0.15, 0.2) is 0 Å². The van der Waals surface area contributed by atoms with E-state index in [1.807, 2.05) is 16.3 Å². The molecule has 2 aromatic rings. The van der Waals surface area contributed by atoms with Crippen LogP contribution >= 0.6 is 36.2 Å². The molecule has 2 aliphatic rings. The number of hydrogen-bond donors (Lipinski definition) is 2. The number of halogens is 2. The SMILES string of the molecule is Cl.Cl.O=C(NCC1CCCN(C(=O)c2csc(-c3ccoc3)n2)C1)C1CCCN1. The summed E-state index contributed by atoms with van der Waals surface area (Å²) in [4.78, 5) is 31.3. The number of nitrogens with zero attached hydrogens (tertiary/aromatic N) is 2. The molecule has 0 bridgehead atoms. The molecule has 0 saturated carbocycles. The van der Waals surface area contributed by atoms with Crippen LogP contribution in [0.25, 0.3) is 10.6 Å². The Morgan fingerprint density at radius 2 is 2.17 bits per heavy atom. The molecule has 2 N–H and O–H groups in total. The number of likely N-dealkylation sites (tertiary alicyclic amines) is 1. The maximum absolute atomic E-state index is 12.8. The monoisotopic (exact) mass is 460 g/mol. The van der Waals surface area contributed by atoms with Gasteiger partial charge in [-0.25, -0.2) is 4.98 Å². The van der Waals surface area contributed by atoms with Crippen LogP contribution in [0, 0.1) is 5.92 Å². The smallest absolute Gasteiger partial charge is 0.273 e. The Morgan fingerprint density at radius 1 is 1.31 bits per heavy atom. The van der Waals surface area contributed by atoms with E-state index in [2.05, 4.69) is 15.6 Å². The second-order valence-electron chi connectivity index (χ2n) is 7.20. The molecule has 2 saturated heterocycles. The van der Waals surface area contributed by atoms with E-state index in [9.17, 15) is 9.59 Å². The second-order valence-corrected chi connectivity index (χ2v) is 8.06. The van der Waals surface area contributed by atoms with E-state index < -0.39 is 0 Å². The summed E-state index contributed by atoms with van der Waals surface area (Å²) in [5.74, 6) is 0.342. The summed E-state index contributed by atoms with van der Waals surface area (Å²) in [5.41, 5.74) is 1.37. The van der Waals surface area contributed by atoms with Crippen LogP contribution < -0.4 is 10.6 Å². The molecule has 0 aromatic carbocycles. The standard InChI is InChI=1S/C19H24N4O3S.2ClH/c24-17(15-4-1-6-20-15)21-9-13-3-2-7-23(10-13)19(25)16-12-27-18(22-16)14-5-8-26-11-14;;/h5,8,11-13,15,20H,1-4,6-7,9-10H2,(H,21,24);2*1H. The number of thiazole rings is 1. The van der Waals surface area contributed by atoms with Crippen LogP contribution in [-0.4, -0.2) is 53.9 Å². The van der Waals surface area contributed by atoms with E-state index in [1.165, 1.54) is 11.3 Å². The first-order valence-electron chi connectivity index (χ1n) is 9.49. The minimum absolute atomic E-state index is 0. The molecular weight excluding hydrogens is 435 g/mol. The molecule has 0 aliphatic carbocycles. The van der Waals surface area contributed by atoms with Crippen LogP contribution in [0.4, 0.5) is 0 Å². The van der Waals surface area contributed by atoms with E-state index in [0.717, 1.165) is 49.3 Å². The van der Waals surface area contributed by atoms with Crippen molar-refractivity contribution in [2.24, 2.45) is 5.92 Å². The number of hydrogen-bond acceptors (Lipinski definition) is 6. The lowest BCUT2D eigenvalue weighted by Crippen LogP contribution is -2.46. The normalized spacial score (nSPS) is 21.2. The van der Waals surface area contributed by atoms with Crippen molar-refractivity contribution in [2.75, 3.05) is 26.2 Å². The molecule has 2 atom stereocenters. The lowest BCUT2D eigenvalue weighted by molar-refractivity contribution is -0.123. The number of nitrogens with one attached hydrogen (secondary N) is 2. The molecular formula is C19H26Cl2N4O3S. The average molecular weight is 461 g/mol. The fourth-order valence-corrected chi connectivity index (χ4v) is 4.53. The Balaban J connectivity index is 0.00000150. The van der Waals surface area contributed by atoms with E-state index in [-0.39, 0.29) is 42.7 Å². The van der Waals surface area contributed by atoms with Gasteiger partial charge in [-0.2, -0.15) is 0 Å². The number of amides is 2. The van der Waals surface area contributed by atoms with Crippen LogP contribution in [0.2, 0.25) is 0 Å². The van der Waals surface area contributed by atoms with Crippen molar-refractivity contribution < 1.29 is 14.0 Å². The highest BCUT2D eigenvalue weighted by molar-refractivity contribution is 7.13. The number of rotatable bonds is 5. The fraction of sp³-hybridized carbons (Fsp3) is 0.526. The van der Waals surface area contributed by atoms with E-state index in [4.69, 9.17) is 4.42 Å². The highest BCUT2D eigenvalue weighted by Crippen LogP contribution is 2.25. The van der Waals surface area contributed by atoms with Crippen LogP contribution in [0.15, 0.2) is 28.4 Å². The molecule has 2 fully saturated rings. The molecule has 7 nitrogen and oxygen atoms in total. The highest BCUT2D eigenvalue weighted by Gasteiger charge is 2.28. The van der Waals surface area contributed by atoms with Gasteiger partial charge in [-0.15, -0.1) is 36.2 Å². The van der Waals surface area contributed by atoms with Gasteiger partial charge in [-0.05, 0) is 44.2 Å². The molecule has 2 amide bonds. The van der Waals surface area contributed by atoms with Crippen molar-refractivity contribution in [2.45, 2.75) is 31.7 Å². The third-order valence-electron chi connectivity index (χ3n) is 5.24. The molecule has 4 heterocycles. The number of carbonyl (C=O) groups excluding carboxylic acids is 2. The number of piperidine rings is 1. The average Bonchev–Trinajstić information content (AvgIpc) is 3.46. The van der Waals surface area contributed by atoms with Crippen molar-refractivity contribution in [1.82, 2.24) is 20.5 Å². The van der Waals surface area contributed by atoms with E-state index >= 15 is 0 Å². The van der Waals surface area contributed by atoms with Gasteiger partial charge in [0.25, 0.3) is 5.91 Å². The third-order valence-corrected chi connectivity index (χ3v) is 6.13. The van der Waals surface area contributed by atoms with Crippen LogP contribution in [0.1, 0.15) is 36.2 Å². The van der Waals surface area contributed by atoms with Gasteiger partial charge >= 0.3 is 0 Å². The summed E-state index contributed by atoms with van der Waals surface area (Å²) >= 11 is 1.45. The van der Waals surface area contributed by atoms with Gasteiger partial charge in [0.05, 0.1) is 12.3 Å². The van der Waals surface area contributed by atoms with Crippen LogP contribution in [0.5, 0.6) is 0 Å². The zero-order valence-corrected chi connectivity index (χ0v) is 18.4. The molecule has 2 aromatic heterocycles. The number of furan rings is 1. The molecule has 10 heteroatoms. The number of aromatic nitrogens is 1. The lowest BCUT2D eigenvalue weighted by atomic mass is 9.97. The minimum atomic E-state index is -0.0531. The van der Waals surface area contributed by atoms with Crippen molar-refractivity contribution in [3.05, 3.63) is 29.7 Å². The van der Waals surface area contributed by atoms with Gasteiger partial charge in [-0.3, -0.25) is 9.59 Å². The molecule has 2 aliphatic heterocycles. The van der Waals surface area contributed by atoms with Crippen molar-refractivity contribution in [3.63, 3.8) is 0 Å². The first kappa shape index (κ1) is 23.7. The van der Waals surface area contributed by atoms with Crippen molar-refractivity contribution in [3.8, 4) is 10.6 Å². The van der Waals surface area contributed by atoms with Gasteiger partial charge < -0.3 is 20.0 Å². The zero-order valence-electron chi connectivity index (χ0n) is 16.0. The zero-order chi connectivity index (χ0) is 18.6. The summed E-state index contributed by atoms with van der Waals surface area (Å²) in [6, 6.07) is 1.79. The Hall–Kier alpha value is -1.61. The predicted octanol–water partition coefficient (Wildman–Crippen LogP) is 2.97. The van der Waals surface area contributed by atoms with Crippen LogP contribution in [0.3, 0.4) is 0 Å². The maximum atomic E-state index is 12.8. The molecule has 2 unspecified atom stereocenters. The summed E-state index contributed by atoms with van der Waals surface area (Å²) in [5, 5.41) is 8.87. The summed E-state index contributed by atoms with van der Waals surface area (Å²) in [7, 11) is 0. The molecule has 29 heavy (non-hydrogen) atoms. The fourth-order valence-electron chi connectivity index (χ4n) is 3.75. The molecule has 160 valence electrons. The van der Waals surface area contributed by atoms with E-state index in [0.29, 0.717) is 24.7 Å². The van der Waals surface area contributed by atoms with Gasteiger partial charge in [-0.1, -0.05) is 0 Å². The van der Waals surface area contributed by atoms with Gasteiger partial charge in [0.1, 0.15) is 17.0 Å². The minimum Gasteiger partial charge on any atom is -0.472 e. The van der Waals surface area contributed by atoms with Crippen molar-refractivity contribution >= 4 is 48.0 Å². The maximum Gasteiger partial charge on any atom is 0.273 e. The van der Waals surface area contributed by atoms with Crippen LogP contribution in [-0.2, 0) is 4.79 Å². The number of carbonyl (C=O) groups is 2. The van der Waals surface area contributed by atoms with E-state index in [1.54, 1.807) is 12.5 Å². The van der Waals surface area contributed by atoms with Crippen molar-refractivity contribution in [1.29, 1.82) is 0 Å². The Bertz CT molecular complexity index is 793. The van der Waals surface area contributed by atoms with Gasteiger partial charge in [0.2, 0.25) is 5.91 Å². The quantitative estimate of drug-likeness (QED) is 0.715. The Labute approximate surface area is 186 Å².